The minimum atomic E-state index is -0.427. The molecular weight excluding hydrogens is 242 g/mol. The molecule has 1 rings (SSSR count). The molecule has 1 amide bonds. The number of nitrogens with two attached hydrogens (primary N) is 1. The van der Waals surface area contributed by atoms with Crippen molar-refractivity contribution in [3.8, 4) is 0 Å². The maximum atomic E-state index is 11.7. The lowest BCUT2D eigenvalue weighted by Gasteiger charge is -2.24. The lowest BCUT2D eigenvalue weighted by Crippen LogP contribution is -2.36. The zero-order valence-corrected chi connectivity index (χ0v) is 12.7. The van der Waals surface area contributed by atoms with E-state index in [1.54, 1.807) is 11.9 Å². The maximum absolute atomic E-state index is 11.7. The van der Waals surface area contributed by atoms with Crippen molar-refractivity contribution < 1.29 is 9.53 Å². The quantitative estimate of drug-likeness (QED) is 0.747. The number of carbonyl (C=O) groups excluding carboxylic acids is 1. The number of carbonyl (C=O) groups is 1. The fraction of sp³-hybridized carbons (Fsp3) is 0.929. The van der Waals surface area contributed by atoms with Crippen molar-refractivity contribution in [2.75, 3.05) is 20.1 Å². The van der Waals surface area contributed by atoms with Crippen molar-refractivity contribution in [2.24, 2.45) is 5.73 Å². The van der Waals surface area contributed by atoms with Gasteiger partial charge in [0.25, 0.3) is 0 Å². The van der Waals surface area contributed by atoms with Gasteiger partial charge in [-0.2, -0.15) is 0 Å². The first-order valence-corrected chi connectivity index (χ1v) is 7.21. The minimum Gasteiger partial charge on any atom is -0.444 e. The molecule has 19 heavy (non-hydrogen) atoms. The highest BCUT2D eigenvalue weighted by atomic mass is 16.6. The zero-order valence-electron chi connectivity index (χ0n) is 12.7. The molecule has 1 aliphatic rings. The normalized spacial score (nSPS) is 23.4. The molecule has 0 saturated heterocycles. The fourth-order valence-electron chi connectivity index (χ4n) is 2.26. The van der Waals surface area contributed by atoms with Crippen LogP contribution in [0.25, 0.3) is 0 Å². The van der Waals surface area contributed by atoms with Crippen molar-refractivity contribution in [2.45, 2.75) is 64.1 Å². The first-order valence-electron chi connectivity index (χ1n) is 7.21. The Morgan fingerprint density at radius 1 is 1.42 bits per heavy atom. The van der Waals surface area contributed by atoms with Crippen molar-refractivity contribution in [1.82, 2.24) is 10.2 Å². The van der Waals surface area contributed by atoms with Crippen LogP contribution in [0.15, 0.2) is 0 Å². The largest absolute Gasteiger partial charge is 0.444 e. The van der Waals surface area contributed by atoms with Crippen LogP contribution < -0.4 is 11.1 Å². The number of nitrogens with zero attached hydrogens (tertiary/aromatic N) is 1. The second-order valence-corrected chi connectivity index (χ2v) is 6.48. The Kier molecular flexibility index (Phi) is 6.07. The summed E-state index contributed by atoms with van der Waals surface area (Å²) in [5.74, 6) is 0. The number of rotatable bonds is 5. The SMILES string of the molecule is CN(CCCNC1CCC(N)C1)C(=O)OC(C)(C)C. The van der Waals surface area contributed by atoms with Crippen LogP contribution in [0.2, 0.25) is 0 Å². The van der Waals surface area contributed by atoms with Gasteiger partial charge in [0, 0.05) is 25.7 Å². The van der Waals surface area contributed by atoms with E-state index >= 15 is 0 Å². The van der Waals surface area contributed by atoms with Gasteiger partial charge in [-0.15, -0.1) is 0 Å². The summed E-state index contributed by atoms with van der Waals surface area (Å²) in [4.78, 5) is 13.4. The summed E-state index contributed by atoms with van der Waals surface area (Å²) in [6, 6.07) is 0.920. The van der Waals surface area contributed by atoms with E-state index in [4.69, 9.17) is 10.5 Å². The molecule has 2 unspecified atom stereocenters. The van der Waals surface area contributed by atoms with E-state index in [9.17, 15) is 4.79 Å². The van der Waals surface area contributed by atoms with Gasteiger partial charge in [0.2, 0.25) is 0 Å². The summed E-state index contributed by atoms with van der Waals surface area (Å²) >= 11 is 0. The molecule has 1 aliphatic carbocycles. The Bertz CT molecular complexity index is 289. The van der Waals surface area contributed by atoms with Crippen LogP contribution >= 0.6 is 0 Å². The first-order chi connectivity index (χ1) is 8.78. The predicted molar refractivity (Wildman–Crippen MR) is 77.1 cm³/mol. The number of hydrogen-bond acceptors (Lipinski definition) is 4. The molecule has 0 aromatic heterocycles. The second kappa shape index (κ2) is 7.10. The molecule has 3 N–H and O–H groups in total. The molecule has 0 aliphatic heterocycles. The van der Waals surface area contributed by atoms with E-state index in [2.05, 4.69) is 5.32 Å². The topological polar surface area (TPSA) is 67.6 Å². The molecule has 5 heteroatoms. The second-order valence-electron chi connectivity index (χ2n) is 6.48. The zero-order chi connectivity index (χ0) is 14.5. The maximum Gasteiger partial charge on any atom is 0.410 e. The number of ether oxygens (including phenoxy) is 1. The molecule has 1 fully saturated rings. The summed E-state index contributed by atoms with van der Waals surface area (Å²) in [5.41, 5.74) is 5.44. The summed E-state index contributed by atoms with van der Waals surface area (Å²) in [6.45, 7) is 7.27. The molecule has 0 heterocycles. The van der Waals surface area contributed by atoms with Gasteiger partial charge in [0.1, 0.15) is 5.60 Å². The van der Waals surface area contributed by atoms with Gasteiger partial charge < -0.3 is 20.7 Å². The van der Waals surface area contributed by atoms with Gasteiger partial charge in [-0.25, -0.2) is 4.79 Å². The van der Waals surface area contributed by atoms with Crippen LogP contribution in [0.1, 0.15) is 46.5 Å². The molecule has 0 radical (unpaired) electrons. The predicted octanol–water partition coefficient (Wildman–Crippen LogP) is 1.71. The molecule has 112 valence electrons. The van der Waals surface area contributed by atoms with E-state index < -0.39 is 5.60 Å². The molecule has 0 spiro atoms. The van der Waals surface area contributed by atoms with Crippen molar-refractivity contribution in [1.29, 1.82) is 0 Å². The molecule has 5 nitrogen and oxygen atoms in total. The average molecular weight is 271 g/mol. The van der Waals surface area contributed by atoms with E-state index in [0.29, 0.717) is 18.6 Å². The number of hydrogen-bond donors (Lipinski definition) is 2. The van der Waals surface area contributed by atoms with Gasteiger partial charge in [0.05, 0.1) is 0 Å². The summed E-state index contributed by atoms with van der Waals surface area (Å²) in [5, 5.41) is 3.50. The Morgan fingerprint density at radius 3 is 2.63 bits per heavy atom. The van der Waals surface area contributed by atoms with Gasteiger partial charge >= 0.3 is 6.09 Å². The third-order valence-corrected chi connectivity index (χ3v) is 3.28. The molecule has 0 bridgehead atoms. The van der Waals surface area contributed by atoms with E-state index in [1.165, 1.54) is 6.42 Å². The van der Waals surface area contributed by atoms with Crippen LogP contribution in [0.3, 0.4) is 0 Å². The lowest BCUT2D eigenvalue weighted by molar-refractivity contribution is 0.0297. The van der Waals surface area contributed by atoms with Crippen LogP contribution in [0.4, 0.5) is 4.79 Å². The number of amides is 1. The molecule has 0 aromatic carbocycles. The van der Waals surface area contributed by atoms with E-state index in [0.717, 1.165) is 25.8 Å². The highest BCUT2D eigenvalue weighted by molar-refractivity contribution is 5.67. The van der Waals surface area contributed by atoms with Gasteiger partial charge in [0.15, 0.2) is 0 Å². The third kappa shape index (κ3) is 6.78. The van der Waals surface area contributed by atoms with Crippen molar-refractivity contribution >= 4 is 6.09 Å². The summed E-state index contributed by atoms with van der Waals surface area (Å²) in [7, 11) is 1.78. The highest BCUT2D eigenvalue weighted by Crippen LogP contribution is 2.16. The van der Waals surface area contributed by atoms with Crippen LogP contribution in [-0.4, -0.2) is 48.8 Å². The monoisotopic (exact) mass is 271 g/mol. The summed E-state index contributed by atoms with van der Waals surface area (Å²) < 4.78 is 5.29. The highest BCUT2D eigenvalue weighted by Gasteiger charge is 2.21. The average Bonchev–Trinajstić information content (AvgIpc) is 2.68. The molecule has 0 aromatic rings. The van der Waals surface area contributed by atoms with Crippen molar-refractivity contribution in [3.63, 3.8) is 0 Å². The summed E-state index contributed by atoms with van der Waals surface area (Å²) in [6.07, 6.45) is 4.04. The third-order valence-electron chi connectivity index (χ3n) is 3.28. The van der Waals surface area contributed by atoms with Crippen molar-refractivity contribution in [3.05, 3.63) is 0 Å². The Balaban J connectivity index is 2.10. The Labute approximate surface area is 116 Å². The van der Waals surface area contributed by atoms with Crippen LogP contribution in [-0.2, 0) is 4.74 Å². The lowest BCUT2D eigenvalue weighted by atomic mass is 10.2. The molecule has 1 saturated carbocycles. The van der Waals surface area contributed by atoms with Gasteiger partial charge in [-0.3, -0.25) is 0 Å². The standard InChI is InChI=1S/C14H29N3O2/c1-14(2,3)19-13(18)17(4)9-5-8-16-12-7-6-11(15)10-12/h11-12,16H,5-10,15H2,1-4H3. The molecule has 2 atom stereocenters. The van der Waals surface area contributed by atoms with Gasteiger partial charge in [-0.1, -0.05) is 0 Å². The van der Waals surface area contributed by atoms with Crippen LogP contribution in [0, 0.1) is 0 Å². The van der Waals surface area contributed by atoms with E-state index in [1.807, 2.05) is 20.8 Å². The fourth-order valence-corrected chi connectivity index (χ4v) is 2.26. The Hall–Kier alpha value is -0.810. The van der Waals surface area contributed by atoms with Gasteiger partial charge in [-0.05, 0) is 53.0 Å². The molecular formula is C14H29N3O2. The smallest absolute Gasteiger partial charge is 0.410 e. The number of nitrogens with one attached hydrogen (secondary N) is 1. The minimum absolute atomic E-state index is 0.254. The van der Waals surface area contributed by atoms with Crippen LogP contribution in [0.5, 0.6) is 0 Å². The Morgan fingerprint density at radius 2 is 2.11 bits per heavy atom. The first kappa shape index (κ1) is 16.2. The van der Waals surface area contributed by atoms with E-state index in [-0.39, 0.29) is 6.09 Å².